The van der Waals surface area contributed by atoms with E-state index in [4.69, 9.17) is 18.9 Å². The van der Waals surface area contributed by atoms with Gasteiger partial charge in [-0.05, 0) is 55.0 Å². The molecule has 3 rings (SSSR count). The second-order valence-electron chi connectivity index (χ2n) is 6.44. The Hall–Kier alpha value is -3.59. The molecule has 0 atom stereocenters. The summed E-state index contributed by atoms with van der Waals surface area (Å²) >= 11 is 1.12. The molecule has 0 fully saturated rings. The molecule has 8 nitrogen and oxygen atoms in total. The van der Waals surface area contributed by atoms with Crippen LogP contribution in [0.25, 0.3) is 6.08 Å². The number of phenols is 1. The Balaban J connectivity index is 2.06. The van der Waals surface area contributed by atoms with Crippen molar-refractivity contribution in [3.05, 3.63) is 58.2 Å². The van der Waals surface area contributed by atoms with Gasteiger partial charge in [0.25, 0.3) is 0 Å². The monoisotopic (exact) mass is 457 g/mol. The van der Waals surface area contributed by atoms with E-state index in [1.807, 2.05) is 0 Å². The van der Waals surface area contributed by atoms with Crippen LogP contribution in [0.5, 0.6) is 23.0 Å². The number of hydrogen-bond donors (Lipinski definition) is 2. The van der Waals surface area contributed by atoms with E-state index in [2.05, 4.69) is 4.99 Å². The maximum absolute atomic E-state index is 12.5. The number of carbonyl (C=O) groups excluding carboxylic acids is 1. The molecule has 0 saturated carbocycles. The first-order chi connectivity index (χ1) is 15.4. The van der Waals surface area contributed by atoms with Crippen LogP contribution in [0.4, 0.5) is 5.69 Å². The Labute approximate surface area is 189 Å². The van der Waals surface area contributed by atoms with Crippen LogP contribution in [-0.4, -0.2) is 49.2 Å². The summed E-state index contributed by atoms with van der Waals surface area (Å²) in [6.07, 6.45) is 1.64. The lowest BCUT2D eigenvalue weighted by Gasteiger charge is -2.10. The quantitative estimate of drug-likeness (QED) is 0.581. The Morgan fingerprint density at radius 1 is 1.03 bits per heavy atom. The summed E-state index contributed by atoms with van der Waals surface area (Å²) in [4.78, 5) is 17.4. The predicted molar refractivity (Wildman–Crippen MR) is 123 cm³/mol. The number of aliphatic hydroxyl groups is 1. The van der Waals surface area contributed by atoms with E-state index in [-0.39, 0.29) is 35.2 Å². The molecule has 168 valence electrons. The molecule has 0 amide bonds. The van der Waals surface area contributed by atoms with Crippen LogP contribution in [0.15, 0.2) is 57.6 Å². The number of phenolic OH excluding ortho intramolecular Hbond substituents is 1. The number of ether oxygens (including phenoxy) is 4. The number of rotatable bonds is 7. The number of aliphatic hydroxyl groups excluding tert-OH is 1. The van der Waals surface area contributed by atoms with Crippen LogP contribution < -0.4 is 14.2 Å². The molecule has 0 aromatic heterocycles. The van der Waals surface area contributed by atoms with Crippen molar-refractivity contribution in [3.8, 4) is 23.0 Å². The van der Waals surface area contributed by atoms with Crippen molar-refractivity contribution in [1.82, 2.24) is 0 Å². The van der Waals surface area contributed by atoms with E-state index in [1.165, 1.54) is 14.2 Å². The van der Waals surface area contributed by atoms with Gasteiger partial charge in [-0.3, -0.25) is 0 Å². The highest BCUT2D eigenvalue weighted by Gasteiger charge is 2.33. The molecule has 0 spiro atoms. The van der Waals surface area contributed by atoms with Crippen molar-refractivity contribution >= 4 is 34.5 Å². The molecule has 0 radical (unpaired) electrons. The zero-order valence-corrected chi connectivity index (χ0v) is 18.9. The molecule has 1 aliphatic rings. The van der Waals surface area contributed by atoms with Crippen LogP contribution in [0.3, 0.4) is 0 Å². The lowest BCUT2D eigenvalue weighted by atomic mass is 10.1. The number of thioether (sulfide) groups is 1. The van der Waals surface area contributed by atoms with Gasteiger partial charge in [-0.25, -0.2) is 9.79 Å². The number of nitrogens with zero attached hydrogens (tertiary/aromatic N) is 1. The van der Waals surface area contributed by atoms with Gasteiger partial charge in [-0.15, -0.1) is 0 Å². The maximum atomic E-state index is 12.5. The van der Waals surface area contributed by atoms with Crippen molar-refractivity contribution in [2.24, 2.45) is 4.99 Å². The van der Waals surface area contributed by atoms with Gasteiger partial charge in [0.1, 0.15) is 22.1 Å². The van der Waals surface area contributed by atoms with Gasteiger partial charge in [-0.1, -0.05) is 11.8 Å². The third-order valence-corrected chi connectivity index (χ3v) is 5.49. The van der Waals surface area contributed by atoms with Gasteiger partial charge in [0.15, 0.2) is 11.5 Å². The number of esters is 1. The second-order valence-corrected chi connectivity index (χ2v) is 7.47. The number of benzene rings is 2. The summed E-state index contributed by atoms with van der Waals surface area (Å²) in [5.41, 5.74) is 1.15. The number of carbonyl (C=O) groups is 1. The van der Waals surface area contributed by atoms with Gasteiger partial charge >= 0.3 is 5.97 Å². The number of methoxy groups -OCH3 is 3. The first-order valence-corrected chi connectivity index (χ1v) is 10.4. The first kappa shape index (κ1) is 23.1. The van der Waals surface area contributed by atoms with Crippen LogP contribution in [-0.2, 0) is 9.53 Å². The van der Waals surface area contributed by atoms with Crippen molar-refractivity contribution in [2.75, 3.05) is 27.9 Å². The Kier molecular flexibility index (Phi) is 7.32. The average molecular weight is 458 g/mol. The van der Waals surface area contributed by atoms with Crippen molar-refractivity contribution in [1.29, 1.82) is 0 Å². The van der Waals surface area contributed by atoms with Crippen LogP contribution in [0.1, 0.15) is 12.5 Å². The molecule has 2 aromatic carbocycles. The van der Waals surface area contributed by atoms with Crippen molar-refractivity contribution in [3.63, 3.8) is 0 Å². The smallest absolute Gasteiger partial charge is 0.344 e. The SMILES string of the molecule is CCOC(=O)C1=C(O)/C(=C\c2cc(OC)c(O)c(OC)c2)SC1=Nc1ccc(OC)cc1. The fourth-order valence-corrected chi connectivity index (χ4v) is 3.95. The third kappa shape index (κ3) is 4.83. The zero-order valence-electron chi connectivity index (χ0n) is 18.0. The van der Waals surface area contributed by atoms with E-state index in [0.29, 0.717) is 26.9 Å². The Morgan fingerprint density at radius 3 is 2.19 bits per heavy atom. The highest BCUT2D eigenvalue weighted by Crippen LogP contribution is 2.42. The molecule has 1 aliphatic heterocycles. The Bertz CT molecular complexity index is 1080. The highest BCUT2D eigenvalue weighted by atomic mass is 32.2. The lowest BCUT2D eigenvalue weighted by Crippen LogP contribution is -2.12. The fraction of sp³-hybridized carbons (Fsp3) is 0.217. The molecule has 32 heavy (non-hydrogen) atoms. The fourth-order valence-electron chi connectivity index (χ4n) is 2.91. The van der Waals surface area contributed by atoms with Gasteiger partial charge in [0.2, 0.25) is 5.75 Å². The minimum atomic E-state index is -0.672. The van der Waals surface area contributed by atoms with E-state index < -0.39 is 5.97 Å². The summed E-state index contributed by atoms with van der Waals surface area (Å²) in [5, 5.41) is 21.2. The van der Waals surface area contributed by atoms with Crippen LogP contribution in [0, 0.1) is 0 Å². The first-order valence-electron chi connectivity index (χ1n) is 9.60. The van der Waals surface area contributed by atoms with E-state index in [0.717, 1.165) is 11.8 Å². The second kappa shape index (κ2) is 10.1. The molecule has 2 N–H and O–H groups in total. The highest BCUT2D eigenvalue weighted by molar-refractivity contribution is 8.18. The predicted octanol–water partition coefficient (Wildman–Crippen LogP) is 4.61. The maximum Gasteiger partial charge on any atom is 0.344 e. The van der Waals surface area contributed by atoms with E-state index in [9.17, 15) is 15.0 Å². The average Bonchev–Trinajstić information content (AvgIpc) is 3.09. The minimum absolute atomic E-state index is 0.0170. The van der Waals surface area contributed by atoms with Gasteiger partial charge in [-0.2, -0.15) is 0 Å². The topological polar surface area (TPSA) is 107 Å². The van der Waals surface area contributed by atoms with E-state index >= 15 is 0 Å². The largest absolute Gasteiger partial charge is 0.506 e. The summed E-state index contributed by atoms with van der Waals surface area (Å²) in [6, 6.07) is 10.1. The molecule has 0 unspecified atom stereocenters. The summed E-state index contributed by atoms with van der Waals surface area (Å²) in [7, 11) is 4.41. The molecule has 2 aromatic rings. The van der Waals surface area contributed by atoms with Gasteiger partial charge in [0, 0.05) is 0 Å². The van der Waals surface area contributed by atoms with Gasteiger partial charge < -0.3 is 29.2 Å². The summed E-state index contributed by atoms with van der Waals surface area (Å²) in [5.74, 6) is 0.0411. The molecule has 0 saturated heterocycles. The summed E-state index contributed by atoms with van der Waals surface area (Å²) in [6.45, 7) is 1.84. The van der Waals surface area contributed by atoms with Gasteiger partial charge in [0.05, 0.1) is 38.5 Å². The molecule has 1 heterocycles. The Morgan fingerprint density at radius 2 is 1.66 bits per heavy atom. The number of aliphatic imine (C=N–C) groups is 1. The van der Waals surface area contributed by atoms with Crippen LogP contribution >= 0.6 is 11.8 Å². The molecule has 0 aliphatic carbocycles. The molecular weight excluding hydrogens is 434 g/mol. The van der Waals surface area contributed by atoms with Crippen molar-refractivity contribution in [2.45, 2.75) is 6.92 Å². The minimum Gasteiger partial charge on any atom is -0.506 e. The number of aromatic hydroxyl groups is 1. The standard InChI is InChI=1S/C23H23NO7S/c1-5-31-23(27)19-21(26)18(12-13-10-16(29-3)20(25)17(11-13)30-4)32-22(19)24-14-6-8-15(28-2)9-7-14/h6-12,25-26H,5H2,1-4H3/b18-12+,24-22?. The molecule has 0 bridgehead atoms. The number of hydrogen-bond acceptors (Lipinski definition) is 9. The lowest BCUT2D eigenvalue weighted by molar-refractivity contribution is -0.138. The molecular formula is C23H23NO7S. The van der Waals surface area contributed by atoms with E-state index in [1.54, 1.807) is 56.5 Å². The van der Waals surface area contributed by atoms with Crippen molar-refractivity contribution < 1.29 is 34.0 Å². The summed E-state index contributed by atoms with van der Waals surface area (Å²) < 4.78 is 20.6. The normalized spacial score (nSPS) is 15.9. The third-order valence-electron chi connectivity index (χ3n) is 4.47. The molecule has 9 heteroatoms. The van der Waals surface area contributed by atoms with Crippen LogP contribution in [0.2, 0.25) is 0 Å². The zero-order chi connectivity index (χ0) is 23.3.